The fourth-order valence-electron chi connectivity index (χ4n) is 2.17. The van der Waals surface area contributed by atoms with Crippen molar-refractivity contribution >= 4 is 6.03 Å². The Morgan fingerprint density at radius 1 is 1.32 bits per heavy atom. The van der Waals surface area contributed by atoms with Crippen LogP contribution in [0, 0.1) is 11.5 Å². The largest absolute Gasteiger partial charge is 0.493 e. The molecule has 1 aromatic rings. The Morgan fingerprint density at radius 2 is 2.00 bits per heavy atom. The lowest BCUT2D eigenvalue weighted by Gasteiger charge is -2.19. The van der Waals surface area contributed by atoms with E-state index in [0.29, 0.717) is 18.0 Å². The van der Waals surface area contributed by atoms with Crippen LogP contribution in [-0.4, -0.2) is 43.6 Å². The highest BCUT2D eigenvalue weighted by atomic mass is 16.5. The van der Waals surface area contributed by atoms with Crippen molar-refractivity contribution in [2.24, 2.45) is 0 Å². The molecule has 0 saturated carbocycles. The Labute approximate surface area is 111 Å². The second-order valence-corrected chi connectivity index (χ2v) is 4.23. The van der Waals surface area contributed by atoms with Crippen LogP contribution in [0.1, 0.15) is 11.6 Å². The molecule has 19 heavy (non-hydrogen) atoms. The lowest BCUT2D eigenvalue weighted by Crippen LogP contribution is -2.26. The summed E-state index contributed by atoms with van der Waals surface area (Å²) in [4.78, 5) is 14.5. The smallest absolute Gasteiger partial charge is 0.333 e. The number of methoxy groups -OCH3 is 2. The molecule has 1 aromatic carbocycles. The van der Waals surface area contributed by atoms with Gasteiger partial charge in [0.05, 0.1) is 26.8 Å². The van der Waals surface area contributed by atoms with Crippen molar-refractivity contribution in [1.29, 1.82) is 5.26 Å². The minimum absolute atomic E-state index is 0.160. The van der Waals surface area contributed by atoms with Crippen LogP contribution in [0.4, 0.5) is 4.79 Å². The topological polar surface area (TPSA) is 65.8 Å². The third-order valence-electron chi connectivity index (χ3n) is 3.27. The third-order valence-corrected chi connectivity index (χ3v) is 3.27. The Bertz CT molecular complexity index is 538. The highest BCUT2D eigenvalue weighted by Crippen LogP contribution is 2.34. The van der Waals surface area contributed by atoms with E-state index in [0.717, 1.165) is 10.5 Å². The molecule has 6 heteroatoms. The highest BCUT2D eigenvalue weighted by Gasteiger charge is 2.36. The summed E-state index contributed by atoms with van der Waals surface area (Å²) >= 11 is 0. The first-order valence-corrected chi connectivity index (χ1v) is 5.78. The van der Waals surface area contributed by atoms with E-state index in [-0.39, 0.29) is 12.1 Å². The second-order valence-electron chi connectivity index (χ2n) is 4.23. The number of benzene rings is 1. The number of ether oxygens (including phenoxy) is 2. The molecule has 1 saturated heterocycles. The van der Waals surface area contributed by atoms with Gasteiger partial charge in [-0.25, -0.2) is 9.69 Å². The molecule has 0 N–H and O–H groups in total. The van der Waals surface area contributed by atoms with Crippen LogP contribution in [0.5, 0.6) is 11.5 Å². The lowest BCUT2D eigenvalue weighted by atomic mass is 10.1. The normalized spacial score (nSPS) is 18.4. The van der Waals surface area contributed by atoms with Crippen molar-refractivity contribution in [2.45, 2.75) is 6.04 Å². The van der Waals surface area contributed by atoms with Crippen LogP contribution >= 0.6 is 0 Å². The zero-order chi connectivity index (χ0) is 14.0. The summed E-state index contributed by atoms with van der Waals surface area (Å²) in [6, 6.07) is 5.04. The number of rotatable bonds is 3. The fourth-order valence-corrected chi connectivity index (χ4v) is 2.17. The third kappa shape index (κ3) is 2.15. The van der Waals surface area contributed by atoms with Gasteiger partial charge >= 0.3 is 6.03 Å². The maximum absolute atomic E-state index is 11.8. The van der Waals surface area contributed by atoms with E-state index in [9.17, 15) is 4.79 Å². The lowest BCUT2D eigenvalue weighted by molar-refractivity contribution is 0.205. The number of urea groups is 1. The first-order valence-electron chi connectivity index (χ1n) is 5.78. The number of hydrogen-bond donors (Lipinski definition) is 0. The van der Waals surface area contributed by atoms with Gasteiger partial charge in [0.1, 0.15) is 0 Å². The fraction of sp³-hybridized carbons (Fsp3) is 0.385. The summed E-state index contributed by atoms with van der Waals surface area (Å²) in [5.74, 6) is 1.24. The van der Waals surface area contributed by atoms with Crippen LogP contribution in [0.3, 0.4) is 0 Å². The van der Waals surface area contributed by atoms with E-state index in [1.807, 2.05) is 18.3 Å². The Hall–Kier alpha value is -2.42. The number of likely N-dealkylation sites (N-methyl/N-ethyl adjacent to an activating group) is 1. The maximum atomic E-state index is 11.8. The molecule has 0 bridgehead atoms. The summed E-state index contributed by atoms with van der Waals surface area (Å²) < 4.78 is 10.4. The van der Waals surface area contributed by atoms with Crippen molar-refractivity contribution in [3.63, 3.8) is 0 Å². The van der Waals surface area contributed by atoms with Gasteiger partial charge in [0, 0.05) is 7.05 Å². The summed E-state index contributed by atoms with van der Waals surface area (Å²) in [5, 5.41) is 8.89. The van der Waals surface area contributed by atoms with Crippen LogP contribution in [-0.2, 0) is 0 Å². The average molecular weight is 261 g/mol. The standard InChI is InChI=1S/C13H15N3O3/c1-15-10(7-16(8-14)13(15)17)9-4-5-11(18-2)12(6-9)19-3/h4-6,10H,7H2,1-3H3. The van der Waals surface area contributed by atoms with E-state index in [1.165, 1.54) is 0 Å². The summed E-state index contributed by atoms with van der Waals surface area (Å²) in [7, 11) is 4.81. The van der Waals surface area contributed by atoms with E-state index in [1.54, 1.807) is 32.2 Å². The van der Waals surface area contributed by atoms with Gasteiger partial charge in [-0.1, -0.05) is 6.07 Å². The Balaban J connectivity index is 2.33. The molecule has 6 nitrogen and oxygen atoms in total. The highest BCUT2D eigenvalue weighted by molar-refractivity contribution is 5.78. The van der Waals surface area contributed by atoms with Crippen molar-refractivity contribution in [3.8, 4) is 17.7 Å². The molecule has 1 fully saturated rings. The van der Waals surface area contributed by atoms with Crippen LogP contribution in [0.2, 0.25) is 0 Å². The van der Waals surface area contributed by atoms with E-state index < -0.39 is 0 Å². The monoisotopic (exact) mass is 261 g/mol. The molecule has 0 spiro atoms. The van der Waals surface area contributed by atoms with Gasteiger partial charge in [0.15, 0.2) is 17.7 Å². The van der Waals surface area contributed by atoms with Gasteiger partial charge in [-0.05, 0) is 17.7 Å². The van der Waals surface area contributed by atoms with Crippen LogP contribution in [0.25, 0.3) is 0 Å². The van der Waals surface area contributed by atoms with Gasteiger partial charge in [-0.3, -0.25) is 0 Å². The second kappa shape index (κ2) is 5.06. The zero-order valence-corrected chi connectivity index (χ0v) is 11.1. The molecule has 100 valence electrons. The van der Waals surface area contributed by atoms with Crippen molar-refractivity contribution in [2.75, 3.05) is 27.8 Å². The molecular weight excluding hydrogens is 246 g/mol. The van der Waals surface area contributed by atoms with Crippen LogP contribution in [0.15, 0.2) is 18.2 Å². The first kappa shape index (κ1) is 13.0. The van der Waals surface area contributed by atoms with Gasteiger partial charge < -0.3 is 14.4 Å². The van der Waals surface area contributed by atoms with Gasteiger partial charge in [-0.15, -0.1) is 0 Å². The van der Waals surface area contributed by atoms with Crippen LogP contribution < -0.4 is 9.47 Å². The van der Waals surface area contributed by atoms with Gasteiger partial charge in [0.2, 0.25) is 0 Å². The number of carbonyl (C=O) groups excluding carboxylic acids is 1. The quantitative estimate of drug-likeness (QED) is 0.775. The molecule has 1 aliphatic rings. The maximum Gasteiger partial charge on any atom is 0.333 e. The molecular formula is C13H15N3O3. The van der Waals surface area contributed by atoms with Crippen molar-refractivity contribution in [1.82, 2.24) is 9.80 Å². The Morgan fingerprint density at radius 3 is 2.53 bits per heavy atom. The number of amides is 2. The van der Waals surface area contributed by atoms with Gasteiger partial charge in [0.25, 0.3) is 0 Å². The predicted octanol–water partition coefficient (Wildman–Crippen LogP) is 1.59. The predicted molar refractivity (Wildman–Crippen MR) is 67.8 cm³/mol. The van der Waals surface area contributed by atoms with Crippen molar-refractivity contribution < 1.29 is 14.3 Å². The minimum Gasteiger partial charge on any atom is -0.493 e. The molecule has 2 rings (SSSR count). The zero-order valence-electron chi connectivity index (χ0n) is 11.1. The van der Waals surface area contributed by atoms with Crippen molar-refractivity contribution in [3.05, 3.63) is 23.8 Å². The van der Waals surface area contributed by atoms with E-state index >= 15 is 0 Å². The average Bonchev–Trinajstić information content (AvgIpc) is 2.74. The summed E-state index contributed by atoms with van der Waals surface area (Å²) in [6.45, 7) is 0.349. The summed E-state index contributed by atoms with van der Waals surface area (Å²) in [5.41, 5.74) is 0.909. The molecule has 1 aliphatic heterocycles. The number of nitriles is 1. The summed E-state index contributed by atoms with van der Waals surface area (Å²) in [6.07, 6.45) is 1.88. The molecule has 0 aromatic heterocycles. The molecule has 0 aliphatic carbocycles. The molecule has 2 amide bonds. The minimum atomic E-state index is -0.290. The number of hydrogen-bond acceptors (Lipinski definition) is 4. The van der Waals surface area contributed by atoms with E-state index in [4.69, 9.17) is 14.7 Å². The first-order chi connectivity index (χ1) is 9.12. The molecule has 1 unspecified atom stereocenters. The Kier molecular flexibility index (Phi) is 3.47. The molecule has 0 radical (unpaired) electrons. The molecule has 1 atom stereocenters. The number of nitrogens with zero attached hydrogens (tertiary/aromatic N) is 3. The van der Waals surface area contributed by atoms with E-state index in [2.05, 4.69) is 0 Å². The van der Waals surface area contributed by atoms with Gasteiger partial charge in [-0.2, -0.15) is 5.26 Å². The number of carbonyl (C=O) groups is 1. The SMILES string of the molecule is COc1ccc(C2CN(C#N)C(=O)N2C)cc1OC. The molecule has 1 heterocycles.